The number of ether oxygens (including phenoxy) is 2. The van der Waals surface area contributed by atoms with E-state index < -0.39 is 0 Å². The molecular formula is C26H25NO4S. The molecule has 0 radical (unpaired) electrons. The molecule has 0 amide bonds. The molecule has 2 aromatic heterocycles. The van der Waals surface area contributed by atoms with Crippen molar-refractivity contribution in [1.29, 1.82) is 0 Å². The fraction of sp³-hybridized carbons (Fsp3) is 0.308. The lowest BCUT2D eigenvalue weighted by atomic mass is 9.83. The number of aromatic hydroxyl groups is 1. The third kappa shape index (κ3) is 3.05. The Kier molecular flexibility index (Phi) is 5.05. The second kappa shape index (κ2) is 7.78. The van der Waals surface area contributed by atoms with Crippen molar-refractivity contribution in [3.63, 3.8) is 0 Å². The van der Waals surface area contributed by atoms with Crippen molar-refractivity contribution >= 4 is 38.3 Å². The molecule has 4 aromatic rings. The first-order valence-electron chi connectivity index (χ1n) is 10.8. The molecule has 2 aromatic carbocycles. The van der Waals surface area contributed by atoms with Crippen molar-refractivity contribution in [2.24, 2.45) is 0 Å². The highest BCUT2D eigenvalue weighted by Gasteiger charge is 2.25. The summed E-state index contributed by atoms with van der Waals surface area (Å²) in [4.78, 5) is 17.0. The van der Waals surface area contributed by atoms with Gasteiger partial charge in [0.1, 0.15) is 5.75 Å². The van der Waals surface area contributed by atoms with Crippen molar-refractivity contribution in [1.82, 2.24) is 4.98 Å². The number of aromatic nitrogens is 1. The van der Waals surface area contributed by atoms with Crippen LogP contribution in [0.15, 0.2) is 23.6 Å². The molecule has 0 aliphatic carbocycles. The van der Waals surface area contributed by atoms with Crippen LogP contribution < -0.4 is 4.74 Å². The Morgan fingerprint density at radius 2 is 2.00 bits per heavy atom. The van der Waals surface area contributed by atoms with Gasteiger partial charge in [0.15, 0.2) is 0 Å². The number of carbonyl (C=O) groups is 1. The number of rotatable bonds is 3. The Bertz CT molecular complexity index is 1400. The van der Waals surface area contributed by atoms with E-state index in [1.807, 2.05) is 24.4 Å². The first-order chi connectivity index (χ1) is 15.4. The van der Waals surface area contributed by atoms with Gasteiger partial charge in [-0.05, 0) is 90.1 Å². The van der Waals surface area contributed by atoms with Crippen LogP contribution in [0.4, 0.5) is 0 Å². The second-order valence-electron chi connectivity index (χ2n) is 8.35. The van der Waals surface area contributed by atoms with Crippen LogP contribution in [0.5, 0.6) is 11.6 Å². The lowest BCUT2D eigenvalue weighted by molar-refractivity contribution is -0.139. The maximum atomic E-state index is 12.4. The lowest BCUT2D eigenvalue weighted by Crippen LogP contribution is -2.12. The molecule has 5 rings (SSSR count). The lowest BCUT2D eigenvalue weighted by Gasteiger charge is -2.24. The molecule has 0 unspecified atom stereocenters. The molecule has 3 heterocycles. The molecular weight excluding hydrogens is 422 g/mol. The van der Waals surface area contributed by atoms with Gasteiger partial charge in [-0.1, -0.05) is 6.07 Å². The van der Waals surface area contributed by atoms with Crippen molar-refractivity contribution < 1.29 is 19.4 Å². The van der Waals surface area contributed by atoms with Gasteiger partial charge in [0, 0.05) is 10.8 Å². The van der Waals surface area contributed by atoms with E-state index >= 15 is 0 Å². The minimum absolute atomic E-state index is 0.0314. The summed E-state index contributed by atoms with van der Waals surface area (Å²) in [6.07, 6.45) is 2.13. The van der Waals surface area contributed by atoms with Crippen molar-refractivity contribution in [2.45, 2.75) is 40.0 Å². The first-order valence-corrected chi connectivity index (χ1v) is 11.6. The number of esters is 1. The first kappa shape index (κ1) is 20.8. The average molecular weight is 448 g/mol. The topological polar surface area (TPSA) is 68.7 Å². The normalized spacial score (nSPS) is 13.2. The van der Waals surface area contributed by atoms with E-state index in [1.54, 1.807) is 0 Å². The summed E-state index contributed by atoms with van der Waals surface area (Å²) < 4.78 is 11.7. The zero-order chi connectivity index (χ0) is 22.6. The van der Waals surface area contributed by atoms with Crippen molar-refractivity contribution in [2.75, 3.05) is 13.7 Å². The van der Waals surface area contributed by atoms with E-state index in [2.05, 4.69) is 24.9 Å². The van der Waals surface area contributed by atoms with E-state index in [-0.39, 0.29) is 18.3 Å². The summed E-state index contributed by atoms with van der Waals surface area (Å²) in [5.74, 6) is 0.686. The zero-order valence-electron chi connectivity index (χ0n) is 18.7. The molecule has 6 heteroatoms. The Hall–Kier alpha value is -3.12. The molecule has 32 heavy (non-hydrogen) atoms. The van der Waals surface area contributed by atoms with Gasteiger partial charge >= 0.3 is 5.97 Å². The standard InChI is InChI=1S/C26H25NO4S/c1-13-16-6-5-10-31-20(16)8-7-17(13)22-15(3)23-18-9-11-32-25(18)26(29)27-24(23)14(2)19(22)12-21(28)30-4/h7-9,11H,5-6,10,12H2,1-4H3,(H,27,29). The molecule has 0 spiro atoms. The summed E-state index contributed by atoms with van der Waals surface area (Å²) in [6.45, 7) is 6.95. The van der Waals surface area contributed by atoms with Gasteiger partial charge in [0.05, 0.1) is 30.4 Å². The van der Waals surface area contributed by atoms with Gasteiger partial charge in [0.25, 0.3) is 0 Å². The van der Waals surface area contributed by atoms with E-state index in [0.29, 0.717) is 0 Å². The van der Waals surface area contributed by atoms with Crippen LogP contribution in [-0.2, 0) is 22.4 Å². The van der Waals surface area contributed by atoms with E-state index in [9.17, 15) is 9.90 Å². The monoisotopic (exact) mass is 447 g/mol. The highest BCUT2D eigenvalue weighted by Crippen LogP contribution is 2.44. The predicted octanol–water partition coefficient (Wildman–Crippen LogP) is 5.79. The number of fused-ring (bicyclic) bond motifs is 4. The number of methoxy groups -OCH3 is 1. The van der Waals surface area contributed by atoms with Gasteiger partial charge in [-0.2, -0.15) is 0 Å². The number of benzene rings is 2. The van der Waals surface area contributed by atoms with Gasteiger partial charge in [-0.15, -0.1) is 11.3 Å². The number of pyridine rings is 1. The largest absolute Gasteiger partial charge is 0.493 e. The third-order valence-corrected chi connectivity index (χ3v) is 7.56. The average Bonchev–Trinajstić information content (AvgIpc) is 3.29. The van der Waals surface area contributed by atoms with Crippen molar-refractivity contribution in [3.8, 4) is 22.8 Å². The van der Waals surface area contributed by atoms with Crippen molar-refractivity contribution in [3.05, 3.63) is 51.4 Å². The minimum atomic E-state index is -0.298. The summed E-state index contributed by atoms with van der Waals surface area (Å²) in [5.41, 5.74) is 8.14. The molecule has 1 aliphatic rings. The van der Waals surface area contributed by atoms with Crippen LogP contribution in [-0.4, -0.2) is 29.8 Å². The SMILES string of the molecule is COC(=O)Cc1c(-c2ccc3c(c2C)CCCO3)c(C)c2c(nc(O)c3sccc32)c1C. The van der Waals surface area contributed by atoms with Crippen LogP contribution in [0.1, 0.15) is 34.2 Å². The molecule has 0 saturated heterocycles. The van der Waals surface area contributed by atoms with Crippen LogP contribution in [0, 0.1) is 20.8 Å². The van der Waals surface area contributed by atoms with Crippen LogP contribution in [0.3, 0.4) is 0 Å². The number of aryl methyl sites for hydroxylation is 2. The number of hydrogen-bond acceptors (Lipinski definition) is 6. The smallest absolute Gasteiger partial charge is 0.310 e. The van der Waals surface area contributed by atoms with Gasteiger partial charge in [-0.3, -0.25) is 4.79 Å². The highest BCUT2D eigenvalue weighted by atomic mass is 32.1. The predicted molar refractivity (Wildman–Crippen MR) is 128 cm³/mol. The Balaban J connectivity index is 1.91. The maximum Gasteiger partial charge on any atom is 0.310 e. The third-order valence-electron chi connectivity index (χ3n) is 6.65. The molecule has 164 valence electrons. The van der Waals surface area contributed by atoms with E-state index in [4.69, 9.17) is 9.47 Å². The Morgan fingerprint density at radius 1 is 1.19 bits per heavy atom. The Morgan fingerprint density at radius 3 is 2.78 bits per heavy atom. The molecule has 1 N–H and O–H groups in total. The molecule has 5 nitrogen and oxygen atoms in total. The molecule has 0 bridgehead atoms. The highest BCUT2D eigenvalue weighted by molar-refractivity contribution is 7.17. The fourth-order valence-corrected chi connectivity index (χ4v) is 5.82. The zero-order valence-corrected chi connectivity index (χ0v) is 19.5. The maximum absolute atomic E-state index is 12.4. The van der Waals surface area contributed by atoms with Gasteiger partial charge in [0.2, 0.25) is 5.88 Å². The minimum Gasteiger partial charge on any atom is -0.493 e. The quantitative estimate of drug-likeness (QED) is 0.403. The van der Waals surface area contributed by atoms with E-state index in [1.165, 1.54) is 29.6 Å². The summed E-state index contributed by atoms with van der Waals surface area (Å²) in [5, 5.41) is 14.5. The number of carbonyl (C=O) groups excluding carboxylic acids is 1. The van der Waals surface area contributed by atoms with Crippen LogP contribution in [0.2, 0.25) is 0 Å². The van der Waals surface area contributed by atoms with Gasteiger partial charge < -0.3 is 14.6 Å². The summed E-state index contributed by atoms with van der Waals surface area (Å²) in [7, 11) is 1.41. The molecule has 0 saturated carbocycles. The number of hydrogen-bond donors (Lipinski definition) is 1. The second-order valence-corrected chi connectivity index (χ2v) is 9.26. The van der Waals surface area contributed by atoms with Gasteiger partial charge in [-0.25, -0.2) is 4.98 Å². The fourth-order valence-electron chi connectivity index (χ4n) is 5.03. The number of thiophene rings is 1. The number of nitrogens with zero attached hydrogens (tertiary/aromatic N) is 1. The van der Waals surface area contributed by atoms with E-state index in [0.717, 1.165) is 74.0 Å². The molecule has 1 aliphatic heterocycles. The molecule has 0 atom stereocenters. The molecule has 0 fully saturated rings. The van der Waals surface area contributed by atoms with Crippen LogP contribution in [0.25, 0.3) is 32.1 Å². The summed E-state index contributed by atoms with van der Waals surface area (Å²) >= 11 is 1.48. The summed E-state index contributed by atoms with van der Waals surface area (Å²) in [6, 6.07) is 6.19. The van der Waals surface area contributed by atoms with Crippen LogP contribution >= 0.6 is 11.3 Å². The Labute approximate surface area is 190 Å².